The molecule has 0 aliphatic carbocycles. The molecule has 0 atom stereocenters. The van der Waals surface area contributed by atoms with E-state index in [1.54, 1.807) is 0 Å². The molecular weight excluding hydrogens is 679 g/mol. The maximum absolute atomic E-state index is 6.76. The van der Waals surface area contributed by atoms with Gasteiger partial charge in [-0.05, 0) is 115 Å². The molecule has 0 radical (unpaired) electrons. The third kappa shape index (κ3) is 5.34. The summed E-state index contributed by atoms with van der Waals surface area (Å²) in [7, 11) is 0. The van der Waals surface area contributed by atoms with Crippen molar-refractivity contribution >= 4 is 49.4 Å². The summed E-state index contributed by atoms with van der Waals surface area (Å²) in [6, 6.07) is 76.4. The van der Waals surface area contributed by atoms with Crippen molar-refractivity contribution in [2.24, 2.45) is 0 Å². The molecule has 11 rings (SSSR count). The molecule has 0 bridgehead atoms. The van der Waals surface area contributed by atoms with E-state index in [0.717, 1.165) is 45.3 Å². The molecule has 0 saturated carbocycles. The van der Waals surface area contributed by atoms with Crippen LogP contribution in [0.2, 0.25) is 0 Å². The normalized spacial score (nSPS) is 11.7. The second-order valence-corrected chi connectivity index (χ2v) is 14.5. The summed E-state index contributed by atoms with van der Waals surface area (Å²) in [5.41, 5.74) is 12.5. The third-order valence-electron chi connectivity index (χ3n) is 11.3. The van der Waals surface area contributed by atoms with Crippen LogP contribution < -0.4 is 9.64 Å². The molecule has 0 amide bonds. The second kappa shape index (κ2) is 13.2. The minimum atomic E-state index is 0.841. The molecule has 0 unspecified atom stereocenters. The van der Waals surface area contributed by atoms with Crippen molar-refractivity contribution in [3.8, 4) is 56.0 Å². The Morgan fingerprint density at radius 3 is 1.64 bits per heavy atom. The number of para-hydroxylation sites is 1. The number of nitrogens with zero attached hydrogens (tertiary/aromatic N) is 1. The Bertz CT molecular complexity index is 3090. The second-order valence-electron chi connectivity index (χ2n) is 14.5. The third-order valence-corrected chi connectivity index (χ3v) is 11.3. The number of anilines is 3. The van der Waals surface area contributed by atoms with Gasteiger partial charge in [0, 0.05) is 33.8 Å². The van der Waals surface area contributed by atoms with Gasteiger partial charge in [0.05, 0.1) is 0 Å². The first-order valence-corrected chi connectivity index (χ1v) is 19.2. The number of rotatable bonds is 5. The lowest BCUT2D eigenvalue weighted by molar-refractivity contribution is 0.488. The highest BCUT2D eigenvalue weighted by molar-refractivity contribution is 6.14. The zero-order valence-corrected chi connectivity index (χ0v) is 30.6. The van der Waals surface area contributed by atoms with Crippen molar-refractivity contribution in [3.63, 3.8) is 0 Å². The molecule has 0 aromatic heterocycles. The van der Waals surface area contributed by atoms with Gasteiger partial charge in [0.15, 0.2) is 0 Å². The Balaban J connectivity index is 1.08. The van der Waals surface area contributed by atoms with Crippen LogP contribution in [0.1, 0.15) is 0 Å². The smallest absolute Gasteiger partial charge is 0.135 e. The van der Waals surface area contributed by atoms with Gasteiger partial charge in [-0.15, -0.1) is 0 Å². The fourth-order valence-electron chi connectivity index (χ4n) is 8.59. The molecule has 0 spiro atoms. The van der Waals surface area contributed by atoms with Crippen molar-refractivity contribution in [2.45, 2.75) is 0 Å². The van der Waals surface area contributed by atoms with Crippen LogP contribution in [0.25, 0.3) is 76.8 Å². The Kier molecular flexibility index (Phi) is 7.53. The van der Waals surface area contributed by atoms with Gasteiger partial charge in [-0.25, -0.2) is 0 Å². The lowest BCUT2D eigenvalue weighted by Crippen LogP contribution is -2.10. The number of hydrogen-bond acceptors (Lipinski definition) is 2. The lowest BCUT2D eigenvalue weighted by atomic mass is 9.89. The molecule has 2 nitrogen and oxygen atoms in total. The molecule has 262 valence electrons. The van der Waals surface area contributed by atoms with E-state index >= 15 is 0 Å². The average molecular weight is 714 g/mol. The Labute approximate surface area is 326 Å². The van der Waals surface area contributed by atoms with Gasteiger partial charge in [0.1, 0.15) is 11.5 Å². The molecule has 56 heavy (non-hydrogen) atoms. The molecule has 1 heterocycles. The van der Waals surface area contributed by atoms with Crippen molar-refractivity contribution in [1.82, 2.24) is 0 Å². The summed E-state index contributed by atoms with van der Waals surface area (Å²) in [6.45, 7) is 0. The van der Waals surface area contributed by atoms with E-state index in [1.165, 1.54) is 60.1 Å². The van der Waals surface area contributed by atoms with Crippen LogP contribution in [0.3, 0.4) is 0 Å². The van der Waals surface area contributed by atoms with Crippen LogP contribution in [0.4, 0.5) is 17.1 Å². The Morgan fingerprint density at radius 2 is 0.857 bits per heavy atom. The quantitative estimate of drug-likeness (QED) is 0.165. The topological polar surface area (TPSA) is 12.5 Å². The molecule has 0 fully saturated rings. The maximum atomic E-state index is 6.76. The summed E-state index contributed by atoms with van der Waals surface area (Å²) in [5, 5.41) is 7.47. The monoisotopic (exact) mass is 713 g/mol. The first kappa shape index (κ1) is 32.0. The summed E-state index contributed by atoms with van der Waals surface area (Å²) >= 11 is 0. The van der Waals surface area contributed by atoms with E-state index in [4.69, 9.17) is 4.74 Å². The average Bonchev–Trinajstić information content (AvgIpc) is 3.41. The van der Waals surface area contributed by atoms with Gasteiger partial charge in [-0.2, -0.15) is 0 Å². The van der Waals surface area contributed by atoms with Gasteiger partial charge in [-0.1, -0.05) is 158 Å². The molecule has 1 aliphatic rings. The highest BCUT2D eigenvalue weighted by atomic mass is 16.5. The summed E-state index contributed by atoms with van der Waals surface area (Å²) in [6.07, 6.45) is 0. The molecule has 10 aromatic carbocycles. The van der Waals surface area contributed by atoms with Crippen LogP contribution in [-0.4, -0.2) is 0 Å². The van der Waals surface area contributed by atoms with E-state index in [1.807, 2.05) is 6.07 Å². The van der Waals surface area contributed by atoms with Crippen molar-refractivity contribution in [3.05, 3.63) is 212 Å². The van der Waals surface area contributed by atoms with Crippen LogP contribution in [0, 0.1) is 0 Å². The van der Waals surface area contributed by atoms with E-state index in [-0.39, 0.29) is 0 Å². The summed E-state index contributed by atoms with van der Waals surface area (Å²) < 4.78 is 6.76. The zero-order valence-electron chi connectivity index (χ0n) is 30.6. The molecule has 0 saturated heterocycles. The van der Waals surface area contributed by atoms with Gasteiger partial charge in [0.25, 0.3) is 0 Å². The molecule has 1 aliphatic heterocycles. The van der Waals surface area contributed by atoms with Gasteiger partial charge >= 0.3 is 0 Å². The van der Waals surface area contributed by atoms with E-state index in [0.29, 0.717) is 0 Å². The zero-order chi connectivity index (χ0) is 37.0. The standard InChI is InChI=1S/C54H35NO/c1-2-12-36(13-3-1)37-22-27-41(28-23-37)55(42-29-24-39(25-30-42)50-34-40-15-5-6-16-44(40)46-18-8-9-19-47(46)50)43-31-33-53-51(35-43)48-32-26-38-14-4-7-17-45(38)54(48)49-20-10-11-21-52(49)56-53/h1-35H. The minimum absolute atomic E-state index is 0.841. The molecule has 0 N–H and O–H groups in total. The number of hydrogen-bond donors (Lipinski definition) is 0. The first-order valence-electron chi connectivity index (χ1n) is 19.2. The van der Waals surface area contributed by atoms with Crippen molar-refractivity contribution in [1.29, 1.82) is 0 Å². The molecule has 10 aromatic rings. The fraction of sp³-hybridized carbons (Fsp3) is 0. The molecule has 2 heteroatoms. The van der Waals surface area contributed by atoms with Crippen LogP contribution in [0.15, 0.2) is 212 Å². The Morgan fingerprint density at radius 1 is 0.286 bits per heavy atom. The first-order chi connectivity index (χ1) is 27.8. The van der Waals surface area contributed by atoms with Crippen LogP contribution in [-0.2, 0) is 0 Å². The van der Waals surface area contributed by atoms with E-state index < -0.39 is 0 Å². The summed E-state index contributed by atoms with van der Waals surface area (Å²) in [5.74, 6) is 1.70. The predicted molar refractivity (Wildman–Crippen MR) is 235 cm³/mol. The maximum Gasteiger partial charge on any atom is 0.135 e. The highest BCUT2D eigenvalue weighted by Gasteiger charge is 2.24. The predicted octanol–water partition coefficient (Wildman–Crippen LogP) is 15.4. The SMILES string of the molecule is c1ccc(-c2ccc(N(c3ccc(-c4cc5ccccc5c5ccccc45)cc3)c3ccc4c(c3)-c3ccc5ccccc5c3-c3ccccc3O4)cc2)cc1. The Hall–Kier alpha value is -7.42. The molecular formula is C54H35NO. The highest BCUT2D eigenvalue weighted by Crippen LogP contribution is 2.51. The van der Waals surface area contributed by atoms with Gasteiger partial charge in [0.2, 0.25) is 0 Å². The number of ether oxygens (including phenoxy) is 1. The fourth-order valence-corrected chi connectivity index (χ4v) is 8.59. The number of benzene rings is 10. The van der Waals surface area contributed by atoms with Crippen LogP contribution >= 0.6 is 0 Å². The van der Waals surface area contributed by atoms with Gasteiger partial charge < -0.3 is 9.64 Å². The van der Waals surface area contributed by atoms with Gasteiger partial charge in [-0.3, -0.25) is 0 Å². The lowest BCUT2D eigenvalue weighted by Gasteiger charge is -2.27. The number of fused-ring (bicyclic) bond motifs is 10. The van der Waals surface area contributed by atoms with E-state index in [2.05, 4.69) is 211 Å². The van der Waals surface area contributed by atoms with Crippen molar-refractivity contribution in [2.75, 3.05) is 4.90 Å². The largest absolute Gasteiger partial charge is 0.456 e. The van der Waals surface area contributed by atoms with Crippen LogP contribution in [0.5, 0.6) is 11.5 Å². The van der Waals surface area contributed by atoms with E-state index in [9.17, 15) is 0 Å². The minimum Gasteiger partial charge on any atom is -0.456 e. The van der Waals surface area contributed by atoms with Crippen molar-refractivity contribution < 1.29 is 4.74 Å². The summed E-state index contributed by atoms with van der Waals surface area (Å²) in [4.78, 5) is 2.36.